The van der Waals surface area contributed by atoms with Gasteiger partial charge in [-0.3, -0.25) is 4.79 Å². The minimum absolute atomic E-state index is 0.0338. The molecule has 246 valence electrons. The Morgan fingerprint density at radius 1 is 0.867 bits per heavy atom. The third kappa shape index (κ3) is 5.87. The highest BCUT2D eigenvalue weighted by molar-refractivity contribution is 5.92. The lowest BCUT2D eigenvalue weighted by molar-refractivity contribution is -0.339. The number of aliphatic hydroxyl groups is 6. The number of hydrogen-bond donors (Lipinski definition) is 7. The van der Waals surface area contributed by atoms with E-state index in [4.69, 9.17) is 37.6 Å². The van der Waals surface area contributed by atoms with Crippen molar-refractivity contribution in [2.75, 3.05) is 34.5 Å². The highest BCUT2D eigenvalue weighted by Gasteiger charge is 2.50. The van der Waals surface area contributed by atoms with Crippen molar-refractivity contribution in [2.24, 2.45) is 0 Å². The van der Waals surface area contributed by atoms with E-state index in [1.807, 2.05) is 0 Å². The molecule has 2 aromatic carbocycles. The van der Waals surface area contributed by atoms with Crippen molar-refractivity contribution in [1.82, 2.24) is 0 Å². The number of aliphatic hydroxyl groups excluding tert-OH is 6. The van der Waals surface area contributed by atoms with E-state index < -0.39 is 74.0 Å². The van der Waals surface area contributed by atoms with E-state index >= 15 is 0 Å². The molecule has 0 aliphatic carbocycles. The lowest BCUT2D eigenvalue weighted by Gasteiger charge is -2.44. The van der Waals surface area contributed by atoms with Gasteiger partial charge in [-0.15, -0.1) is 0 Å². The van der Waals surface area contributed by atoms with Gasteiger partial charge in [-0.2, -0.15) is 0 Å². The molecule has 0 spiro atoms. The largest absolute Gasteiger partial charge is 0.507 e. The summed E-state index contributed by atoms with van der Waals surface area (Å²) in [6.45, 7) is -1.18. The Balaban J connectivity index is 1.54. The van der Waals surface area contributed by atoms with Crippen LogP contribution in [0, 0.1) is 0 Å². The van der Waals surface area contributed by atoms with Crippen LogP contribution in [0.15, 0.2) is 39.5 Å². The van der Waals surface area contributed by atoms with Gasteiger partial charge in [-0.1, -0.05) is 12.1 Å². The molecule has 0 bridgehead atoms. The van der Waals surface area contributed by atoms with E-state index in [0.29, 0.717) is 0 Å². The predicted octanol–water partition coefficient (Wildman–Crippen LogP) is -1.17. The highest BCUT2D eigenvalue weighted by Crippen LogP contribution is 2.46. The molecular formula is C29H34O16. The molecule has 1 aromatic heterocycles. The molecule has 0 unspecified atom stereocenters. The molecule has 16 heteroatoms. The Hall–Kier alpha value is -3.71. The summed E-state index contributed by atoms with van der Waals surface area (Å²) in [5.74, 6) is -1.01. The zero-order valence-corrected chi connectivity index (χ0v) is 24.3. The number of aromatic hydroxyl groups is 1. The first-order chi connectivity index (χ1) is 21.6. The second-order valence-corrected chi connectivity index (χ2v) is 10.3. The second kappa shape index (κ2) is 13.3. The SMILES string of the molecule is COc1cc2oc(-c3ccccc3O)c(OC)c(=O)c2c(O[C@@H]2O[C@H](CO)[C@@H](O[C@@H]3OC[C@@H](O)[C@H](O)[C@H]3O)[C@H](O)[C@H]2O)c1OC. The standard InChI is InChI=1S/C29H34O16/c1-38-15-8-14-17(19(34)27(40-3)23(42-14)11-6-4-5-7-12(11)31)26(25(15)39-2)45-29-22(37)20(35)24(16(9-30)43-29)44-28-21(36)18(33)13(32)10-41-28/h4-8,13,16,18,20-22,24,28-33,35-37H,9-10H2,1-3H3/t13-,16-,18+,20-,21-,22-,24-,28+,29+/m1/s1. The zero-order valence-electron chi connectivity index (χ0n) is 24.3. The molecule has 2 aliphatic heterocycles. The Morgan fingerprint density at radius 2 is 1.56 bits per heavy atom. The number of para-hydroxylation sites is 1. The Labute approximate surface area is 255 Å². The topological polar surface area (TPSA) is 236 Å². The fraction of sp³-hybridized carbons (Fsp3) is 0.483. The number of fused-ring (bicyclic) bond motifs is 1. The van der Waals surface area contributed by atoms with Gasteiger partial charge in [-0.05, 0) is 12.1 Å². The summed E-state index contributed by atoms with van der Waals surface area (Å²) in [6, 6.07) is 7.47. The summed E-state index contributed by atoms with van der Waals surface area (Å²) < 4.78 is 44.8. The van der Waals surface area contributed by atoms with E-state index in [1.54, 1.807) is 12.1 Å². The zero-order chi connectivity index (χ0) is 32.6. The summed E-state index contributed by atoms with van der Waals surface area (Å²) in [5.41, 5.74) is -0.699. The minimum Gasteiger partial charge on any atom is -0.507 e. The predicted molar refractivity (Wildman–Crippen MR) is 150 cm³/mol. The molecular weight excluding hydrogens is 604 g/mol. The minimum atomic E-state index is -1.89. The summed E-state index contributed by atoms with van der Waals surface area (Å²) in [4.78, 5) is 13.9. The summed E-state index contributed by atoms with van der Waals surface area (Å²) in [7, 11) is 3.81. The lowest BCUT2D eigenvalue weighted by atomic mass is 9.98. The molecule has 9 atom stereocenters. The van der Waals surface area contributed by atoms with Gasteiger partial charge in [0.1, 0.15) is 59.4 Å². The molecule has 0 amide bonds. The number of rotatable bonds is 9. The molecule has 0 radical (unpaired) electrons. The molecule has 2 fully saturated rings. The maximum absolute atomic E-state index is 13.9. The number of benzene rings is 2. The van der Waals surface area contributed by atoms with Crippen molar-refractivity contribution in [3.8, 4) is 40.1 Å². The normalized spacial score (nSPS) is 30.2. The molecule has 5 rings (SSSR count). The van der Waals surface area contributed by atoms with Crippen molar-refractivity contribution in [3.05, 3.63) is 40.6 Å². The molecule has 3 heterocycles. The molecule has 2 saturated heterocycles. The third-order valence-electron chi connectivity index (χ3n) is 7.59. The first kappa shape index (κ1) is 32.7. The fourth-order valence-electron chi connectivity index (χ4n) is 5.24. The maximum Gasteiger partial charge on any atom is 0.239 e. The molecule has 2 aliphatic rings. The number of phenols is 1. The van der Waals surface area contributed by atoms with Crippen LogP contribution in [0.1, 0.15) is 0 Å². The van der Waals surface area contributed by atoms with E-state index in [2.05, 4.69) is 0 Å². The second-order valence-electron chi connectivity index (χ2n) is 10.3. The molecule has 7 N–H and O–H groups in total. The summed E-state index contributed by atoms with van der Waals surface area (Å²) in [6.07, 6.45) is -14.7. The van der Waals surface area contributed by atoms with Crippen LogP contribution in [-0.2, 0) is 14.2 Å². The van der Waals surface area contributed by atoms with Crippen LogP contribution in [0.2, 0.25) is 0 Å². The average molecular weight is 639 g/mol. The van der Waals surface area contributed by atoms with Crippen molar-refractivity contribution >= 4 is 11.0 Å². The van der Waals surface area contributed by atoms with E-state index in [1.165, 1.54) is 39.5 Å². The molecule has 0 saturated carbocycles. The monoisotopic (exact) mass is 638 g/mol. The molecule has 16 nitrogen and oxygen atoms in total. The van der Waals surface area contributed by atoms with Gasteiger partial charge < -0.3 is 73.3 Å². The van der Waals surface area contributed by atoms with Crippen molar-refractivity contribution in [1.29, 1.82) is 0 Å². The van der Waals surface area contributed by atoms with Crippen LogP contribution in [0.4, 0.5) is 0 Å². The first-order valence-corrected chi connectivity index (χ1v) is 13.7. The van der Waals surface area contributed by atoms with Gasteiger partial charge in [0.05, 0.1) is 40.1 Å². The third-order valence-corrected chi connectivity index (χ3v) is 7.59. The smallest absolute Gasteiger partial charge is 0.239 e. The highest BCUT2D eigenvalue weighted by atomic mass is 16.7. The van der Waals surface area contributed by atoms with Crippen LogP contribution in [-0.4, -0.2) is 126 Å². The van der Waals surface area contributed by atoms with Crippen LogP contribution < -0.4 is 24.4 Å². The van der Waals surface area contributed by atoms with E-state index in [9.17, 15) is 40.5 Å². The van der Waals surface area contributed by atoms with E-state index in [-0.39, 0.29) is 51.0 Å². The molecule has 45 heavy (non-hydrogen) atoms. The van der Waals surface area contributed by atoms with Crippen LogP contribution >= 0.6 is 0 Å². The molecule has 3 aromatic rings. The van der Waals surface area contributed by atoms with Gasteiger partial charge >= 0.3 is 0 Å². The Kier molecular flexibility index (Phi) is 9.68. The van der Waals surface area contributed by atoms with Crippen LogP contribution in [0.5, 0.6) is 28.7 Å². The number of phenolic OH excluding ortho intramolecular Hbond substituents is 1. The quantitative estimate of drug-likeness (QED) is 0.146. The first-order valence-electron chi connectivity index (χ1n) is 13.7. The van der Waals surface area contributed by atoms with Crippen molar-refractivity contribution < 1.29 is 73.3 Å². The average Bonchev–Trinajstić information content (AvgIpc) is 3.04. The van der Waals surface area contributed by atoms with Crippen LogP contribution in [0.25, 0.3) is 22.3 Å². The van der Waals surface area contributed by atoms with E-state index in [0.717, 1.165) is 0 Å². The summed E-state index contributed by atoms with van der Waals surface area (Å²) >= 11 is 0. The Bertz CT molecular complexity index is 1560. The van der Waals surface area contributed by atoms with Gasteiger partial charge in [0.15, 0.2) is 23.5 Å². The van der Waals surface area contributed by atoms with Crippen molar-refractivity contribution in [2.45, 2.75) is 55.3 Å². The van der Waals surface area contributed by atoms with Crippen LogP contribution in [0.3, 0.4) is 0 Å². The lowest BCUT2D eigenvalue weighted by Crippen LogP contribution is -2.63. The van der Waals surface area contributed by atoms with Crippen molar-refractivity contribution in [3.63, 3.8) is 0 Å². The number of ether oxygens (including phenoxy) is 7. The number of hydrogen-bond acceptors (Lipinski definition) is 16. The van der Waals surface area contributed by atoms with Gasteiger partial charge in [0.25, 0.3) is 0 Å². The Morgan fingerprint density at radius 3 is 2.20 bits per heavy atom. The fourth-order valence-corrected chi connectivity index (χ4v) is 5.24. The van der Waals surface area contributed by atoms with Gasteiger partial charge in [0, 0.05) is 6.07 Å². The summed E-state index contributed by atoms with van der Waals surface area (Å²) in [5, 5.41) is 72.3. The number of methoxy groups -OCH3 is 3. The van der Waals surface area contributed by atoms with Gasteiger partial charge in [0.2, 0.25) is 23.2 Å². The maximum atomic E-state index is 13.9. The van der Waals surface area contributed by atoms with Gasteiger partial charge in [-0.25, -0.2) is 0 Å².